The van der Waals surface area contributed by atoms with Crippen LogP contribution in [0.15, 0.2) is 90.0 Å². The Kier molecular flexibility index (Phi) is 8.05. The number of carbonyl (C=O) groups excluding carboxylic acids is 1. The second-order valence-electron chi connectivity index (χ2n) is 9.20. The van der Waals surface area contributed by atoms with Crippen molar-refractivity contribution in [3.8, 4) is 22.7 Å². The van der Waals surface area contributed by atoms with Crippen LogP contribution in [0.2, 0.25) is 0 Å². The molecule has 0 atom stereocenters. The van der Waals surface area contributed by atoms with Crippen molar-refractivity contribution >= 4 is 40.3 Å². The van der Waals surface area contributed by atoms with Crippen LogP contribution in [0, 0.1) is 6.92 Å². The smallest absolute Gasteiger partial charge is 0.266 e. The summed E-state index contributed by atoms with van der Waals surface area (Å²) in [5.41, 5.74) is 5.89. The summed E-state index contributed by atoms with van der Waals surface area (Å²) >= 11 is 6.86. The summed E-state index contributed by atoms with van der Waals surface area (Å²) in [7, 11) is 0. The number of hydrogen-bond donors (Lipinski definition) is 0. The maximum absolute atomic E-state index is 13.1. The van der Waals surface area contributed by atoms with Gasteiger partial charge in [0.2, 0.25) is 0 Å². The zero-order valence-electron chi connectivity index (χ0n) is 21.5. The molecule has 1 aliphatic heterocycles. The zero-order chi connectivity index (χ0) is 26.5. The molecular formula is C31H29N3O2S2. The number of thioether (sulfide) groups is 1. The Bertz CT molecular complexity index is 1460. The van der Waals surface area contributed by atoms with Crippen molar-refractivity contribution in [3.05, 3.63) is 107 Å². The van der Waals surface area contributed by atoms with Gasteiger partial charge in [-0.3, -0.25) is 9.69 Å². The van der Waals surface area contributed by atoms with E-state index in [2.05, 4.69) is 38.1 Å². The fourth-order valence-electron chi connectivity index (χ4n) is 4.14. The Balaban J connectivity index is 1.43. The largest absolute Gasteiger partial charge is 0.489 e. The molecule has 0 aliphatic carbocycles. The van der Waals surface area contributed by atoms with Crippen molar-refractivity contribution in [1.29, 1.82) is 0 Å². The van der Waals surface area contributed by atoms with Crippen LogP contribution in [0.1, 0.15) is 36.5 Å². The molecule has 0 N–H and O–H groups in total. The number of unbranched alkanes of at least 4 members (excludes halogenated alkanes) is 1. The quantitative estimate of drug-likeness (QED) is 0.164. The summed E-state index contributed by atoms with van der Waals surface area (Å²) in [6.07, 6.45) is 5.81. The molecule has 0 spiro atoms. The first-order valence-corrected chi connectivity index (χ1v) is 13.9. The van der Waals surface area contributed by atoms with Crippen LogP contribution >= 0.6 is 24.0 Å². The van der Waals surface area contributed by atoms with E-state index in [0.717, 1.165) is 46.7 Å². The monoisotopic (exact) mass is 539 g/mol. The molecule has 1 aliphatic rings. The molecule has 2 heterocycles. The van der Waals surface area contributed by atoms with E-state index >= 15 is 0 Å². The van der Waals surface area contributed by atoms with E-state index in [-0.39, 0.29) is 5.91 Å². The molecule has 3 aromatic carbocycles. The summed E-state index contributed by atoms with van der Waals surface area (Å²) in [6, 6.07) is 26.2. The van der Waals surface area contributed by atoms with Crippen LogP contribution < -0.4 is 4.74 Å². The van der Waals surface area contributed by atoms with Gasteiger partial charge in [0.1, 0.15) is 16.7 Å². The first kappa shape index (κ1) is 25.9. The van der Waals surface area contributed by atoms with Crippen LogP contribution in [0.5, 0.6) is 5.75 Å². The molecule has 1 saturated heterocycles. The minimum atomic E-state index is -0.0354. The first-order valence-electron chi connectivity index (χ1n) is 12.7. The summed E-state index contributed by atoms with van der Waals surface area (Å²) in [5.74, 6) is 0.752. The lowest BCUT2D eigenvalue weighted by molar-refractivity contribution is -0.122. The van der Waals surface area contributed by atoms with Gasteiger partial charge in [0.25, 0.3) is 5.91 Å². The van der Waals surface area contributed by atoms with E-state index in [9.17, 15) is 4.79 Å². The zero-order valence-corrected chi connectivity index (χ0v) is 23.1. The number of para-hydroxylation sites is 1. The molecule has 1 aromatic heterocycles. The second kappa shape index (κ2) is 11.8. The lowest BCUT2D eigenvalue weighted by Gasteiger charge is -2.12. The number of aromatic nitrogens is 2. The molecule has 38 heavy (non-hydrogen) atoms. The number of carbonyl (C=O) groups is 1. The van der Waals surface area contributed by atoms with Gasteiger partial charge in [-0.2, -0.15) is 5.10 Å². The van der Waals surface area contributed by atoms with E-state index in [1.165, 1.54) is 17.3 Å². The predicted octanol–water partition coefficient (Wildman–Crippen LogP) is 7.43. The number of thiocarbonyl (C=S) groups is 1. The van der Waals surface area contributed by atoms with Crippen LogP contribution in [0.25, 0.3) is 23.0 Å². The molecular weight excluding hydrogens is 510 g/mol. The average molecular weight is 540 g/mol. The predicted molar refractivity (Wildman–Crippen MR) is 159 cm³/mol. The Morgan fingerprint density at radius 2 is 1.74 bits per heavy atom. The number of nitrogens with zero attached hydrogens (tertiary/aromatic N) is 3. The SMILES string of the molecule is CCCCN1C(=O)/C(=C/c2cn(-c3ccccc3)nc2-c2ccc(OCc3ccc(C)cc3)cc2)SC1=S. The molecule has 0 radical (unpaired) electrons. The molecule has 0 saturated carbocycles. The van der Waals surface area contributed by atoms with Crippen LogP contribution in [-0.2, 0) is 11.4 Å². The Hall–Kier alpha value is -3.68. The van der Waals surface area contributed by atoms with Crippen LogP contribution in [0.4, 0.5) is 0 Å². The van der Waals surface area contributed by atoms with Gasteiger partial charge in [-0.25, -0.2) is 4.68 Å². The summed E-state index contributed by atoms with van der Waals surface area (Å²) in [5, 5.41) is 4.90. The van der Waals surface area contributed by atoms with Crippen molar-refractivity contribution in [2.24, 2.45) is 0 Å². The van der Waals surface area contributed by atoms with E-state index < -0.39 is 0 Å². The summed E-state index contributed by atoms with van der Waals surface area (Å²) in [6.45, 7) is 5.34. The van der Waals surface area contributed by atoms with Crippen molar-refractivity contribution in [2.75, 3.05) is 6.54 Å². The van der Waals surface area contributed by atoms with Crippen LogP contribution in [-0.4, -0.2) is 31.5 Å². The molecule has 192 valence electrons. The number of benzene rings is 3. The van der Waals surface area contributed by atoms with E-state index in [1.807, 2.05) is 71.6 Å². The highest BCUT2D eigenvalue weighted by molar-refractivity contribution is 8.26. The molecule has 7 heteroatoms. The Labute approximate surface area is 233 Å². The number of rotatable bonds is 9. The minimum absolute atomic E-state index is 0.0354. The Morgan fingerprint density at radius 1 is 1.00 bits per heavy atom. The maximum Gasteiger partial charge on any atom is 0.266 e. The van der Waals surface area contributed by atoms with Gasteiger partial charge in [-0.15, -0.1) is 0 Å². The molecule has 4 aromatic rings. The van der Waals surface area contributed by atoms with Gasteiger partial charge in [0, 0.05) is 23.9 Å². The van der Waals surface area contributed by atoms with Gasteiger partial charge in [-0.1, -0.05) is 85.4 Å². The molecule has 0 unspecified atom stereocenters. The minimum Gasteiger partial charge on any atom is -0.489 e. The third-order valence-electron chi connectivity index (χ3n) is 6.31. The van der Waals surface area contributed by atoms with Crippen molar-refractivity contribution < 1.29 is 9.53 Å². The van der Waals surface area contributed by atoms with Crippen molar-refractivity contribution in [3.63, 3.8) is 0 Å². The third-order valence-corrected chi connectivity index (χ3v) is 7.69. The third kappa shape index (κ3) is 5.90. The van der Waals surface area contributed by atoms with E-state index in [4.69, 9.17) is 22.1 Å². The fourth-order valence-corrected chi connectivity index (χ4v) is 5.44. The van der Waals surface area contributed by atoms with Gasteiger partial charge in [0.05, 0.1) is 16.3 Å². The molecule has 0 bridgehead atoms. The van der Waals surface area contributed by atoms with Gasteiger partial charge in [0.15, 0.2) is 0 Å². The lowest BCUT2D eigenvalue weighted by Crippen LogP contribution is -2.28. The number of ether oxygens (including phenoxy) is 1. The lowest BCUT2D eigenvalue weighted by atomic mass is 10.1. The summed E-state index contributed by atoms with van der Waals surface area (Å²) in [4.78, 5) is 15.4. The van der Waals surface area contributed by atoms with E-state index in [0.29, 0.717) is 22.4 Å². The molecule has 5 rings (SSSR count). The highest BCUT2D eigenvalue weighted by atomic mass is 32.2. The van der Waals surface area contributed by atoms with Crippen molar-refractivity contribution in [2.45, 2.75) is 33.3 Å². The topological polar surface area (TPSA) is 47.4 Å². The molecule has 5 nitrogen and oxygen atoms in total. The van der Waals surface area contributed by atoms with Gasteiger partial charge < -0.3 is 4.74 Å². The average Bonchev–Trinajstić information content (AvgIpc) is 3.48. The number of hydrogen-bond acceptors (Lipinski definition) is 5. The number of aryl methyl sites for hydroxylation is 1. The standard InChI is InChI=1S/C31H29N3O2S2/c1-3-4-18-33-30(35)28(38-31(33)37)19-25-20-34(26-8-6-5-7-9-26)32-29(25)24-14-16-27(17-15-24)36-21-23-12-10-22(2)11-13-23/h5-17,19-20H,3-4,18,21H2,1-2H3/b28-19-. The highest BCUT2D eigenvalue weighted by Gasteiger charge is 2.31. The number of amides is 1. The van der Waals surface area contributed by atoms with Crippen molar-refractivity contribution in [1.82, 2.24) is 14.7 Å². The van der Waals surface area contributed by atoms with E-state index in [1.54, 1.807) is 4.90 Å². The van der Waals surface area contributed by atoms with Gasteiger partial charge in [-0.05, 0) is 61.4 Å². The molecule has 1 fully saturated rings. The normalized spacial score (nSPS) is 14.5. The Morgan fingerprint density at radius 3 is 2.45 bits per heavy atom. The second-order valence-corrected chi connectivity index (χ2v) is 10.9. The highest BCUT2D eigenvalue weighted by Crippen LogP contribution is 2.35. The molecule has 1 amide bonds. The first-order chi connectivity index (χ1) is 18.5. The maximum atomic E-state index is 13.1. The van der Waals surface area contributed by atoms with Gasteiger partial charge >= 0.3 is 0 Å². The summed E-state index contributed by atoms with van der Waals surface area (Å²) < 4.78 is 8.46. The van der Waals surface area contributed by atoms with Crippen LogP contribution in [0.3, 0.4) is 0 Å². The fraction of sp³-hybridized carbons (Fsp3) is 0.194.